The second-order valence-corrected chi connectivity index (χ2v) is 7.94. The van der Waals surface area contributed by atoms with E-state index in [4.69, 9.17) is 0 Å². The predicted octanol–water partition coefficient (Wildman–Crippen LogP) is 0.575. The molecule has 2 atom stereocenters. The number of nitro groups is 1. The standard InChI is InChI=1S/C6H5F6NO7S2/c7-5(8,9)21(16,17)3-1-4(3,13(14)15)2-20-22(18,19)6(10,11)12/h3H,1-2H2. The minimum absolute atomic E-state index is 1.32. The molecule has 130 valence electrons. The number of alkyl halides is 6. The van der Waals surface area contributed by atoms with Gasteiger partial charge in [-0.2, -0.15) is 34.8 Å². The van der Waals surface area contributed by atoms with Crippen molar-refractivity contribution < 1.29 is 52.3 Å². The molecule has 0 aromatic carbocycles. The van der Waals surface area contributed by atoms with Crippen molar-refractivity contribution in [2.45, 2.75) is 28.2 Å². The van der Waals surface area contributed by atoms with E-state index in [2.05, 4.69) is 4.18 Å². The summed E-state index contributed by atoms with van der Waals surface area (Å²) in [5.41, 5.74) is -14.9. The highest BCUT2D eigenvalue weighted by Gasteiger charge is 2.78. The van der Waals surface area contributed by atoms with Gasteiger partial charge in [-0.15, -0.1) is 0 Å². The van der Waals surface area contributed by atoms with E-state index >= 15 is 0 Å². The molecule has 22 heavy (non-hydrogen) atoms. The summed E-state index contributed by atoms with van der Waals surface area (Å²) in [6.07, 6.45) is -1.32. The van der Waals surface area contributed by atoms with Crippen molar-refractivity contribution in [2.75, 3.05) is 6.61 Å². The van der Waals surface area contributed by atoms with Gasteiger partial charge in [0.15, 0.2) is 0 Å². The molecule has 1 fully saturated rings. The van der Waals surface area contributed by atoms with Crippen LogP contribution < -0.4 is 0 Å². The molecule has 0 saturated heterocycles. The summed E-state index contributed by atoms with van der Waals surface area (Å²) in [5, 5.41) is 7.93. The van der Waals surface area contributed by atoms with Crippen LogP contribution in [-0.4, -0.2) is 50.2 Å². The van der Waals surface area contributed by atoms with E-state index in [9.17, 15) is 53.3 Å². The molecule has 2 unspecified atom stereocenters. The molecule has 0 heterocycles. The van der Waals surface area contributed by atoms with E-state index < -0.39 is 59.7 Å². The lowest BCUT2D eigenvalue weighted by atomic mass is 10.3. The molecule has 0 N–H and O–H groups in total. The largest absolute Gasteiger partial charge is 0.523 e. The van der Waals surface area contributed by atoms with Gasteiger partial charge in [-0.25, -0.2) is 8.42 Å². The van der Waals surface area contributed by atoms with Crippen LogP contribution in [-0.2, 0) is 24.1 Å². The van der Waals surface area contributed by atoms with Crippen molar-refractivity contribution in [1.29, 1.82) is 0 Å². The summed E-state index contributed by atoms with van der Waals surface area (Å²) >= 11 is 0. The van der Waals surface area contributed by atoms with E-state index in [0.717, 1.165) is 0 Å². The molecule has 1 saturated carbocycles. The topological polar surface area (TPSA) is 121 Å². The van der Waals surface area contributed by atoms with Crippen LogP contribution in [0, 0.1) is 10.1 Å². The molecular formula is C6H5F6NO7S2. The molecule has 1 rings (SSSR count). The molecule has 0 aliphatic heterocycles. The van der Waals surface area contributed by atoms with Gasteiger partial charge in [0.2, 0.25) is 0 Å². The molecule has 1 aliphatic rings. The number of sulfone groups is 1. The number of hydrogen-bond donors (Lipinski definition) is 0. The number of halogens is 6. The van der Waals surface area contributed by atoms with Gasteiger partial charge >= 0.3 is 21.1 Å². The van der Waals surface area contributed by atoms with Gasteiger partial charge in [0.1, 0.15) is 11.9 Å². The average Bonchev–Trinajstić information content (AvgIpc) is 3.00. The maximum absolute atomic E-state index is 12.2. The fourth-order valence-corrected chi connectivity index (χ4v) is 3.52. The molecule has 0 spiro atoms. The minimum atomic E-state index is -6.31. The van der Waals surface area contributed by atoms with Gasteiger partial charge < -0.3 is 0 Å². The van der Waals surface area contributed by atoms with Crippen molar-refractivity contribution in [1.82, 2.24) is 0 Å². The Morgan fingerprint density at radius 3 is 1.86 bits per heavy atom. The van der Waals surface area contributed by atoms with Gasteiger partial charge in [0, 0.05) is 11.3 Å². The van der Waals surface area contributed by atoms with Crippen LogP contribution in [0.25, 0.3) is 0 Å². The third kappa shape index (κ3) is 2.98. The Kier molecular flexibility index (Phi) is 4.22. The fourth-order valence-electron chi connectivity index (χ4n) is 1.47. The van der Waals surface area contributed by atoms with Crippen molar-refractivity contribution >= 4 is 20.0 Å². The zero-order valence-corrected chi connectivity index (χ0v) is 11.5. The summed E-state index contributed by atoms with van der Waals surface area (Å²) in [6.45, 7) is -1.98. The SMILES string of the molecule is O=[N+]([O-])C1(COS(=O)(=O)C(F)(F)F)CC1S(=O)(=O)C(F)(F)F. The summed E-state index contributed by atoms with van der Waals surface area (Å²) in [6, 6.07) is 0. The summed E-state index contributed by atoms with van der Waals surface area (Å²) in [7, 11) is -12.4. The van der Waals surface area contributed by atoms with Gasteiger partial charge in [0.05, 0.1) is 0 Å². The number of hydrogen-bond acceptors (Lipinski definition) is 7. The first-order valence-electron chi connectivity index (χ1n) is 4.89. The third-order valence-electron chi connectivity index (χ3n) is 2.79. The lowest BCUT2D eigenvalue weighted by Gasteiger charge is -2.13. The van der Waals surface area contributed by atoms with E-state index in [1.165, 1.54) is 0 Å². The maximum atomic E-state index is 12.2. The lowest BCUT2D eigenvalue weighted by Crippen LogP contribution is -2.40. The molecule has 16 heteroatoms. The molecule has 0 bridgehead atoms. The highest BCUT2D eigenvalue weighted by Crippen LogP contribution is 2.50. The molecule has 0 amide bonds. The fraction of sp³-hybridized carbons (Fsp3) is 1.00. The summed E-state index contributed by atoms with van der Waals surface area (Å²) in [4.78, 5) is 9.05. The first kappa shape index (κ1) is 18.9. The number of nitrogens with zero attached hydrogens (tertiary/aromatic N) is 1. The normalized spacial score (nSPS) is 26.7. The summed E-state index contributed by atoms with van der Waals surface area (Å²) in [5.74, 6) is 0. The second kappa shape index (κ2) is 4.92. The third-order valence-corrected chi connectivity index (χ3v) is 5.78. The Hall–Kier alpha value is -1.16. The first-order valence-corrected chi connectivity index (χ1v) is 7.85. The Bertz CT molecular complexity index is 679. The van der Waals surface area contributed by atoms with Crippen LogP contribution in [0.4, 0.5) is 26.3 Å². The van der Waals surface area contributed by atoms with E-state index in [1.807, 2.05) is 0 Å². The van der Waals surface area contributed by atoms with Crippen molar-refractivity contribution in [3.63, 3.8) is 0 Å². The average molecular weight is 381 g/mol. The van der Waals surface area contributed by atoms with Crippen LogP contribution >= 0.6 is 0 Å². The smallest absolute Gasteiger partial charge is 0.264 e. The zero-order valence-electron chi connectivity index (χ0n) is 9.88. The first-order chi connectivity index (χ1) is 9.49. The maximum Gasteiger partial charge on any atom is 0.523 e. The predicted molar refractivity (Wildman–Crippen MR) is 54.0 cm³/mol. The van der Waals surface area contributed by atoms with Crippen molar-refractivity contribution in [3.8, 4) is 0 Å². The van der Waals surface area contributed by atoms with Crippen molar-refractivity contribution in [2.24, 2.45) is 0 Å². The summed E-state index contributed by atoms with van der Waals surface area (Å²) < 4.78 is 119. The lowest BCUT2D eigenvalue weighted by molar-refractivity contribution is -0.540. The second-order valence-electron chi connectivity index (χ2n) is 4.21. The van der Waals surface area contributed by atoms with Gasteiger partial charge in [-0.05, 0) is 0 Å². The quantitative estimate of drug-likeness (QED) is 0.224. The van der Waals surface area contributed by atoms with Crippen molar-refractivity contribution in [3.05, 3.63) is 10.1 Å². The Balaban J connectivity index is 3.05. The van der Waals surface area contributed by atoms with Crippen LogP contribution in [0.5, 0.6) is 0 Å². The monoisotopic (exact) mass is 381 g/mol. The van der Waals surface area contributed by atoms with Crippen LogP contribution in [0.1, 0.15) is 6.42 Å². The van der Waals surface area contributed by atoms with E-state index in [1.54, 1.807) is 0 Å². The molecule has 0 radical (unpaired) electrons. The molecule has 8 nitrogen and oxygen atoms in total. The molecule has 0 aromatic heterocycles. The highest BCUT2D eigenvalue weighted by atomic mass is 32.2. The Labute approximate surface area is 118 Å². The van der Waals surface area contributed by atoms with Crippen LogP contribution in [0.3, 0.4) is 0 Å². The minimum Gasteiger partial charge on any atom is -0.264 e. The van der Waals surface area contributed by atoms with E-state index in [-0.39, 0.29) is 0 Å². The van der Waals surface area contributed by atoms with Crippen LogP contribution in [0.2, 0.25) is 0 Å². The molecule has 1 aliphatic carbocycles. The van der Waals surface area contributed by atoms with E-state index in [0.29, 0.717) is 0 Å². The zero-order chi connectivity index (χ0) is 17.8. The highest BCUT2D eigenvalue weighted by molar-refractivity contribution is 7.93. The van der Waals surface area contributed by atoms with Crippen LogP contribution in [0.15, 0.2) is 0 Å². The molecule has 0 aromatic rings. The van der Waals surface area contributed by atoms with Gasteiger partial charge in [-0.1, -0.05) is 0 Å². The van der Waals surface area contributed by atoms with Gasteiger partial charge in [0.25, 0.3) is 15.4 Å². The molecular weight excluding hydrogens is 376 g/mol. The van der Waals surface area contributed by atoms with Gasteiger partial charge in [-0.3, -0.25) is 14.3 Å². The Morgan fingerprint density at radius 2 is 1.55 bits per heavy atom. The Morgan fingerprint density at radius 1 is 1.09 bits per heavy atom. The number of rotatable bonds is 5.